The van der Waals surface area contributed by atoms with Crippen molar-refractivity contribution < 1.29 is 27.6 Å². The molecular formula is C22H24N4O6S2. The zero-order valence-corrected chi connectivity index (χ0v) is 20.0. The molecule has 0 saturated carbocycles. The van der Waals surface area contributed by atoms with Gasteiger partial charge in [-0.25, -0.2) is 8.42 Å². The van der Waals surface area contributed by atoms with E-state index in [9.17, 15) is 27.6 Å². The van der Waals surface area contributed by atoms with Crippen LogP contribution in [-0.2, 0) is 19.6 Å². The van der Waals surface area contributed by atoms with Crippen molar-refractivity contribution in [3.05, 3.63) is 52.5 Å². The number of hydrogen-bond acceptors (Lipinski definition) is 8. The fourth-order valence-electron chi connectivity index (χ4n) is 4.46. The summed E-state index contributed by atoms with van der Waals surface area (Å²) in [6, 6.07) is 1.81. The first-order valence-electron chi connectivity index (χ1n) is 10.9. The number of ketones is 1. The van der Waals surface area contributed by atoms with Crippen LogP contribution in [0.3, 0.4) is 0 Å². The van der Waals surface area contributed by atoms with Gasteiger partial charge in [-0.3, -0.25) is 24.2 Å². The third-order valence-corrected chi connectivity index (χ3v) is 8.47. The molecule has 0 aromatic carbocycles. The van der Waals surface area contributed by atoms with Crippen LogP contribution in [0.15, 0.2) is 41.4 Å². The first-order valence-corrected chi connectivity index (χ1v) is 13.3. The molecule has 4 rings (SSSR count). The Kier molecular flexibility index (Phi) is 6.91. The molecule has 2 aromatic heterocycles. The maximum absolute atomic E-state index is 13.4. The summed E-state index contributed by atoms with van der Waals surface area (Å²) in [5, 5.41) is 5.05. The zero-order chi connectivity index (χ0) is 24.5. The first-order chi connectivity index (χ1) is 16.3. The molecule has 2 saturated heterocycles. The normalized spacial score (nSPS) is 21.3. The number of carbonyl (C=O) groups excluding carboxylic acids is 4. The third-order valence-electron chi connectivity index (χ3n) is 6.06. The fourth-order valence-corrected chi connectivity index (χ4v) is 6.60. The molecule has 3 atom stereocenters. The van der Waals surface area contributed by atoms with Crippen LogP contribution in [0.1, 0.15) is 46.9 Å². The van der Waals surface area contributed by atoms with E-state index in [1.165, 1.54) is 34.6 Å². The summed E-state index contributed by atoms with van der Waals surface area (Å²) in [4.78, 5) is 56.6. The van der Waals surface area contributed by atoms with Gasteiger partial charge >= 0.3 is 0 Å². The van der Waals surface area contributed by atoms with Gasteiger partial charge in [0, 0.05) is 24.3 Å². The van der Waals surface area contributed by atoms with Crippen molar-refractivity contribution in [3.8, 4) is 0 Å². The summed E-state index contributed by atoms with van der Waals surface area (Å²) in [7, 11) is -4.48. The van der Waals surface area contributed by atoms with E-state index in [1.54, 1.807) is 16.8 Å². The van der Waals surface area contributed by atoms with Crippen molar-refractivity contribution in [1.82, 2.24) is 19.5 Å². The van der Waals surface area contributed by atoms with E-state index in [0.717, 1.165) is 10.5 Å². The molecule has 34 heavy (non-hydrogen) atoms. The van der Waals surface area contributed by atoms with Gasteiger partial charge in [-0.1, -0.05) is 13.3 Å². The van der Waals surface area contributed by atoms with Crippen molar-refractivity contribution in [1.29, 1.82) is 0 Å². The van der Waals surface area contributed by atoms with Crippen molar-refractivity contribution >= 4 is 44.1 Å². The van der Waals surface area contributed by atoms with Gasteiger partial charge in [0.1, 0.15) is 12.1 Å². The van der Waals surface area contributed by atoms with Crippen molar-refractivity contribution in [2.75, 3.05) is 13.1 Å². The Morgan fingerprint density at radius 2 is 2.06 bits per heavy atom. The van der Waals surface area contributed by atoms with Gasteiger partial charge in [-0.05, 0) is 36.4 Å². The molecule has 12 heteroatoms. The number of pyridine rings is 1. The molecule has 2 fully saturated rings. The number of aromatic nitrogens is 1. The largest absolute Gasteiger partial charge is 0.340 e. The highest BCUT2D eigenvalue weighted by Gasteiger charge is 2.55. The minimum atomic E-state index is -4.48. The number of rotatable bonds is 7. The maximum atomic E-state index is 13.4. The number of sulfonamides is 1. The minimum Gasteiger partial charge on any atom is -0.340 e. The van der Waals surface area contributed by atoms with E-state index in [0.29, 0.717) is 18.4 Å². The first kappa shape index (κ1) is 24.2. The van der Waals surface area contributed by atoms with Gasteiger partial charge in [-0.15, -0.1) is 0 Å². The Morgan fingerprint density at radius 3 is 2.71 bits per heavy atom. The van der Waals surface area contributed by atoms with Crippen LogP contribution in [0.2, 0.25) is 0 Å². The Hall–Kier alpha value is -2.96. The lowest BCUT2D eigenvalue weighted by Crippen LogP contribution is -2.52. The average Bonchev–Trinajstić information content (AvgIpc) is 3.57. The molecule has 180 valence electrons. The number of amides is 2. The van der Waals surface area contributed by atoms with Crippen LogP contribution in [0.25, 0.3) is 0 Å². The molecule has 2 aromatic rings. The summed E-state index contributed by atoms with van der Waals surface area (Å²) in [5.41, 5.74) is 0.352. The van der Waals surface area contributed by atoms with Crippen molar-refractivity contribution in [2.24, 2.45) is 0 Å². The standard InChI is InChI=1S/C22H24N4O6S2/c1-2-4-16(24-20(28)15-7-10-33-13-15)21(29)25-9-6-17-19(25)18(27)12-26(17)34(31,32)22(30)14-5-3-8-23-11-14/h3,5,7-8,10-11,13,16-17,19H,2,4,6,9,12H2,1H3,(H,24,28). The molecule has 2 amide bonds. The molecule has 0 bridgehead atoms. The predicted octanol–water partition coefficient (Wildman–Crippen LogP) is 1.07. The second kappa shape index (κ2) is 9.72. The Labute approximate surface area is 201 Å². The second-order valence-corrected chi connectivity index (χ2v) is 10.8. The topological polar surface area (TPSA) is 134 Å². The van der Waals surface area contributed by atoms with Gasteiger partial charge in [0.2, 0.25) is 5.91 Å². The van der Waals surface area contributed by atoms with Crippen LogP contribution < -0.4 is 5.32 Å². The summed E-state index contributed by atoms with van der Waals surface area (Å²) in [6.45, 7) is 1.55. The lowest BCUT2D eigenvalue weighted by molar-refractivity contribution is -0.138. The molecule has 2 aliphatic heterocycles. The molecule has 4 heterocycles. The Morgan fingerprint density at radius 1 is 1.26 bits per heavy atom. The average molecular weight is 505 g/mol. The van der Waals surface area contributed by atoms with E-state index >= 15 is 0 Å². The number of likely N-dealkylation sites (tertiary alicyclic amines) is 1. The highest BCUT2D eigenvalue weighted by atomic mass is 32.2. The molecule has 0 radical (unpaired) electrons. The molecule has 2 aliphatic rings. The van der Waals surface area contributed by atoms with Crippen LogP contribution in [0.5, 0.6) is 0 Å². The van der Waals surface area contributed by atoms with Gasteiger partial charge in [0.05, 0.1) is 23.7 Å². The SMILES string of the molecule is CCCC(NC(=O)c1ccsc1)C(=O)N1CCC2C1C(=O)CN2S(=O)(=O)C(=O)c1cccnc1. The second-order valence-electron chi connectivity index (χ2n) is 8.20. The number of Topliss-reactive ketones (excluding diaryl/α,β-unsaturated/α-hetero) is 1. The van der Waals surface area contributed by atoms with E-state index in [2.05, 4.69) is 10.3 Å². The van der Waals surface area contributed by atoms with Gasteiger partial charge in [0.15, 0.2) is 5.78 Å². The van der Waals surface area contributed by atoms with Gasteiger partial charge < -0.3 is 10.2 Å². The van der Waals surface area contributed by atoms with Gasteiger partial charge in [-0.2, -0.15) is 15.6 Å². The molecule has 0 aliphatic carbocycles. The summed E-state index contributed by atoms with van der Waals surface area (Å²) in [5.74, 6) is -1.25. The summed E-state index contributed by atoms with van der Waals surface area (Å²) >= 11 is 1.36. The third kappa shape index (κ3) is 4.40. The summed E-state index contributed by atoms with van der Waals surface area (Å²) in [6.07, 6.45) is 3.79. The highest BCUT2D eigenvalue weighted by molar-refractivity contribution is 8.04. The quantitative estimate of drug-likeness (QED) is 0.596. The minimum absolute atomic E-state index is 0.0940. The molecule has 10 nitrogen and oxygen atoms in total. The zero-order valence-electron chi connectivity index (χ0n) is 18.4. The number of carbonyl (C=O) groups is 4. The van der Waals surface area contributed by atoms with Crippen LogP contribution >= 0.6 is 11.3 Å². The van der Waals surface area contributed by atoms with E-state index in [1.807, 2.05) is 6.92 Å². The van der Waals surface area contributed by atoms with Gasteiger partial charge in [0.25, 0.3) is 21.0 Å². The Balaban J connectivity index is 1.53. The highest BCUT2D eigenvalue weighted by Crippen LogP contribution is 2.33. The number of thiophene rings is 1. The fraction of sp³-hybridized carbons (Fsp3) is 0.409. The summed E-state index contributed by atoms with van der Waals surface area (Å²) < 4.78 is 27.0. The van der Waals surface area contributed by atoms with Crippen LogP contribution in [0.4, 0.5) is 0 Å². The van der Waals surface area contributed by atoms with Crippen molar-refractivity contribution in [3.63, 3.8) is 0 Å². The van der Waals surface area contributed by atoms with Crippen LogP contribution in [-0.4, -0.2) is 76.5 Å². The Bertz CT molecular complexity index is 1200. The maximum Gasteiger partial charge on any atom is 0.293 e. The number of hydrogen-bond donors (Lipinski definition) is 1. The van der Waals surface area contributed by atoms with E-state index in [4.69, 9.17) is 0 Å². The number of nitrogens with zero attached hydrogens (tertiary/aromatic N) is 3. The smallest absolute Gasteiger partial charge is 0.293 e. The van der Waals surface area contributed by atoms with Crippen LogP contribution in [0, 0.1) is 0 Å². The van der Waals surface area contributed by atoms with E-state index < -0.39 is 51.5 Å². The lowest BCUT2D eigenvalue weighted by atomic mass is 10.1. The number of nitrogens with one attached hydrogen (secondary N) is 1. The van der Waals surface area contributed by atoms with Crippen molar-refractivity contribution in [2.45, 2.75) is 44.3 Å². The molecule has 0 spiro atoms. The molecular weight excluding hydrogens is 480 g/mol. The lowest BCUT2D eigenvalue weighted by Gasteiger charge is -2.28. The monoisotopic (exact) mass is 504 g/mol. The van der Waals surface area contributed by atoms with E-state index in [-0.39, 0.29) is 24.4 Å². The molecule has 1 N–H and O–H groups in total. The predicted molar refractivity (Wildman–Crippen MR) is 124 cm³/mol. The molecule has 3 unspecified atom stereocenters. The number of fused-ring (bicyclic) bond motifs is 1.